The molecule has 0 radical (unpaired) electrons. The standard InChI is InChI=1S/C16H16ClNO4S/c1-11(14-7-4-8-23-14)18-15(19)9-22-16(20)10-21-13-6-3-2-5-12(13)17/h2-8,11H,9-10H2,1H3,(H,18,19)/t11-/m0/s1. The monoisotopic (exact) mass is 353 g/mol. The molecule has 23 heavy (non-hydrogen) atoms. The zero-order valence-electron chi connectivity index (χ0n) is 12.5. The van der Waals surface area contributed by atoms with Crippen molar-refractivity contribution >= 4 is 34.8 Å². The fourth-order valence-electron chi connectivity index (χ4n) is 1.78. The normalized spacial score (nSPS) is 11.6. The van der Waals surface area contributed by atoms with Gasteiger partial charge in [0.2, 0.25) is 0 Å². The number of rotatable bonds is 7. The maximum Gasteiger partial charge on any atom is 0.344 e. The first-order valence-corrected chi connectivity index (χ1v) is 8.17. The maximum atomic E-state index is 11.7. The van der Waals surface area contributed by atoms with E-state index in [9.17, 15) is 9.59 Å². The average molecular weight is 354 g/mol. The van der Waals surface area contributed by atoms with E-state index in [1.165, 1.54) is 0 Å². The highest BCUT2D eigenvalue weighted by Gasteiger charge is 2.13. The average Bonchev–Trinajstić information content (AvgIpc) is 3.06. The number of benzene rings is 1. The molecule has 122 valence electrons. The number of ether oxygens (including phenoxy) is 2. The molecule has 0 spiro atoms. The molecular formula is C16H16ClNO4S. The largest absolute Gasteiger partial charge is 0.480 e. The van der Waals surface area contributed by atoms with Crippen LogP contribution in [0, 0.1) is 0 Å². The molecule has 1 aromatic carbocycles. The molecule has 0 bridgehead atoms. The summed E-state index contributed by atoms with van der Waals surface area (Å²) in [5.74, 6) is -0.609. The number of halogens is 1. The number of carbonyl (C=O) groups excluding carboxylic acids is 2. The number of hydrogen-bond acceptors (Lipinski definition) is 5. The first-order valence-electron chi connectivity index (χ1n) is 6.92. The summed E-state index contributed by atoms with van der Waals surface area (Å²) in [5, 5.41) is 5.09. The van der Waals surface area contributed by atoms with Crippen LogP contribution in [0.1, 0.15) is 17.8 Å². The molecule has 0 saturated carbocycles. The van der Waals surface area contributed by atoms with Gasteiger partial charge in [-0.05, 0) is 30.5 Å². The number of nitrogens with one attached hydrogen (secondary N) is 1. The van der Waals surface area contributed by atoms with Gasteiger partial charge in [0.25, 0.3) is 5.91 Å². The smallest absolute Gasteiger partial charge is 0.344 e. The van der Waals surface area contributed by atoms with Gasteiger partial charge in [0.1, 0.15) is 5.75 Å². The number of para-hydroxylation sites is 1. The summed E-state index contributed by atoms with van der Waals surface area (Å²) in [6.45, 7) is 1.21. The van der Waals surface area contributed by atoms with Crippen LogP contribution < -0.4 is 10.1 Å². The van der Waals surface area contributed by atoms with E-state index >= 15 is 0 Å². The van der Waals surface area contributed by atoms with Gasteiger partial charge in [-0.2, -0.15) is 0 Å². The number of esters is 1. The Hall–Kier alpha value is -2.05. The number of carbonyl (C=O) groups is 2. The minimum Gasteiger partial charge on any atom is -0.480 e. The van der Waals surface area contributed by atoms with E-state index in [1.807, 2.05) is 24.4 Å². The van der Waals surface area contributed by atoms with Crippen LogP contribution in [0.3, 0.4) is 0 Å². The molecular weight excluding hydrogens is 338 g/mol. The van der Waals surface area contributed by atoms with E-state index in [0.29, 0.717) is 10.8 Å². The van der Waals surface area contributed by atoms with Gasteiger partial charge >= 0.3 is 5.97 Å². The molecule has 2 rings (SSSR count). The summed E-state index contributed by atoms with van der Waals surface area (Å²) >= 11 is 7.45. The van der Waals surface area contributed by atoms with Crippen molar-refractivity contribution in [1.29, 1.82) is 0 Å². The highest BCUT2D eigenvalue weighted by atomic mass is 35.5. The fourth-order valence-corrected chi connectivity index (χ4v) is 2.70. The van der Waals surface area contributed by atoms with Crippen molar-refractivity contribution in [3.8, 4) is 5.75 Å². The number of amides is 1. The molecule has 7 heteroatoms. The molecule has 1 aromatic heterocycles. The molecule has 2 aromatic rings. The molecule has 0 aliphatic heterocycles. The van der Waals surface area contributed by atoms with E-state index in [-0.39, 0.29) is 25.2 Å². The lowest BCUT2D eigenvalue weighted by Gasteiger charge is -2.12. The van der Waals surface area contributed by atoms with Crippen molar-refractivity contribution in [2.24, 2.45) is 0 Å². The number of thiophene rings is 1. The summed E-state index contributed by atoms with van der Waals surface area (Å²) in [6, 6.07) is 10.5. The van der Waals surface area contributed by atoms with Gasteiger partial charge in [-0.1, -0.05) is 29.8 Å². The zero-order valence-corrected chi connectivity index (χ0v) is 14.0. The molecule has 0 unspecified atom stereocenters. The third kappa shape index (κ3) is 5.58. The lowest BCUT2D eigenvalue weighted by molar-refractivity contribution is -0.150. The van der Waals surface area contributed by atoms with Crippen LogP contribution in [0.5, 0.6) is 5.75 Å². The first kappa shape index (κ1) is 17.3. The van der Waals surface area contributed by atoms with E-state index in [1.54, 1.807) is 35.6 Å². The van der Waals surface area contributed by atoms with Crippen LogP contribution in [0.15, 0.2) is 41.8 Å². The van der Waals surface area contributed by atoms with Crippen LogP contribution in [-0.2, 0) is 14.3 Å². The van der Waals surface area contributed by atoms with Crippen molar-refractivity contribution in [1.82, 2.24) is 5.32 Å². The van der Waals surface area contributed by atoms with Crippen molar-refractivity contribution in [3.05, 3.63) is 51.7 Å². The van der Waals surface area contributed by atoms with Crippen molar-refractivity contribution in [3.63, 3.8) is 0 Å². The second kappa shape index (κ2) is 8.55. The third-order valence-electron chi connectivity index (χ3n) is 2.89. The highest BCUT2D eigenvalue weighted by molar-refractivity contribution is 7.10. The first-order chi connectivity index (χ1) is 11.1. The van der Waals surface area contributed by atoms with E-state index in [2.05, 4.69) is 5.32 Å². The Balaban J connectivity index is 1.70. The molecule has 0 fully saturated rings. The van der Waals surface area contributed by atoms with Crippen LogP contribution in [0.25, 0.3) is 0 Å². The van der Waals surface area contributed by atoms with E-state index in [0.717, 1.165) is 4.88 Å². The van der Waals surface area contributed by atoms with Gasteiger partial charge in [-0.3, -0.25) is 4.79 Å². The molecule has 1 atom stereocenters. The predicted octanol–water partition coefficient (Wildman–Crippen LogP) is 3.20. The van der Waals surface area contributed by atoms with Crippen molar-refractivity contribution in [2.45, 2.75) is 13.0 Å². The lowest BCUT2D eigenvalue weighted by atomic mass is 10.3. The Kier molecular flexibility index (Phi) is 6.43. The SMILES string of the molecule is C[C@H](NC(=O)COC(=O)COc1ccccc1Cl)c1cccs1. The second-order valence-electron chi connectivity index (χ2n) is 4.68. The highest BCUT2D eigenvalue weighted by Crippen LogP contribution is 2.22. The Labute approximate surface area is 143 Å². The fraction of sp³-hybridized carbons (Fsp3) is 0.250. The Morgan fingerprint density at radius 3 is 2.70 bits per heavy atom. The van der Waals surface area contributed by atoms with Gasteiger partial charge in [0.05, 0.1) is 11.1 Å². The topological polar surface area (TPSA) is 64.6 Å². The van der Waals surface area contributed by atoms with Gasteiger partial charge in [0, 0.05) is 4.88 Å². The number of hydrogen-bond donors (Lipinski definition) is 1. The summed E-state index contributed by atoms with van der Waals surface area (Å²) in [7, 11) is 0. The minimum absolute atomic E-state index is 0.124. The molecule has 1 amide bonds. The second-order valence-corrected chi connectivity index (χ2v) is 6.07. The molecule has 0 aliphatic carbocycles. The summed E-state index contributed by atoms with van der Waals surface area (Å²) in [4.78, 5) is 24.3. The third-order valence-corrected chi connectivity index (χ3v) is 4.26. The van der Waals surface area contributed by atoms with E-state index in [4.69, 9.17) is 21.1 Å². The zero-order chi connectivity index (χ0) is 16.7. The minimum atomic E-state index is -0.635. The van der Waals surface area contributed by atoms with Crippen LogP contribution >= 0.6 is 22.9 Å². The summed E-state index contributed by atoms with van der Waals surface area (Å²) in [5.41, 5.74) is 0. The maximum absolute atomic E-state index is 11.7. The quantitative estimate of drug-likeness (QED) is 0.776. The molecule has 1 heterocycles. The van der Waals surface area contributed by atoms with Gasteiger partial charge < -0.3 is 14.8 Å². The Bertz CT molecular complexity index is 660. The van der Waals surface area contributed by atoms with Crippen LogP contribution in [-0.4, -0.2) is 25.1 Å². The van der Waals surface area contributed by atoms with E-state index < -0.39 is 5.97 Å². The van der Waals surface area contributed by atoms with Gasteiger partial charge in [-0.25, -0.2) is 4.79 Å². The predicted molar refractivity (Wildman–Crippen MR) is 88.8 cm³/mol. The van der Waals surface area contributed by atoms with Crippen molar-refractivity contribution < 1.29 is 19.1 Å². The van der Waals surface area contributed by atoms with Gasteiger partial charge in [-0.15, -0.1) is 11.3 Å². The van der Waals surface area contributed by atoms with Crippen molar-refractivity contribution in [2.75, 3.05) is 13.2 Å². The molecule has 0 aliphatic rings. The summed E-state index contributed by atoms with van der Waals surface area (Å²) < 4.78 is 10.1. The lowest BCUT2D eigenvalue weighted by Crippen LogP contribution is -2.31. The van der Waals surface area contributed by atoms with Gasteiger partial charge in [0.15, 0.2) is 13.2 Å². The Morgan fingerprint density at radius 1 is 1.22 bits per heavy atom. The molecule has 1 N–H and O–H groups in total. The molecule has 0 saturated heterocycles. The van der Waals surface area contributed by atoms with Crippen LogP contribution in [0.4, 0.5) is 0 Å². The summed E-state index contributed by atoms with van der Waals surface area (Å²) in [6.07, 6.45) is 0. The molecule has 5 nitrogen and oxygen atoms in total. The van der Waals surface area contributed by atoms with Crippen LogP contribution in [0.2, 0.25) is 5.02 Å². The Morgan fingerprint density at radius 2 is 2.00 bits per heavy atom.